The molecule has 0 radical (unpaired) electrons. The van der Waals surface area contributed by atoms with Crippen molar-refractivity contribution in [2.24, 2.45) is 0 Å². The third-order valence-electron chi connectivity index (χ3n) is 1.47. The first kappa shape index (κ1) is 12.9. The van der Waals surface area contributed by atoms with Gasteiger partial charge in [-0.25, -0.2) is 4.39 Å². The lowest BCUT2D eigenvalue weighted by atomic mass is 10.3. The summed E-state index contributed by atoms with van der Waals surface area (Å²) in [5.74, 6) is -1.48. The van der Waals surface area contributed by atoms with E-state index in [1.807, 2.05) is 0 Å². The van der Waals surface area contributed by atoms with Crippen molar-refractivity contribution in [3.8, 4) is 0 Å². The number of anilines is 1. The van der Waals surface area contributed by atoms with E-state index in [1.165, 1.54) is 12.1 Å². The molecule has 16 heavy (non-hydrogen) atoms. The summed E-state index contributed by atoms with van der Waals surface area (Å²) >= 11 is 0. The van der Waals surface area contributed by atoms with Crippen LogP contribution in [0.25, 0.3) is 0 Å². The van der Waals surface area contributed by atoms with E-state index in [0.717, 1.165) is 12.1 Å². The molecule has 0 fully saturated rings. The highest BCUT2D eigenvalue weighted by Gasteiger charge is 2.10. The Hall–Kier alpha value is -1.12. The number of halogens is 1. The van der Waals surface area contributed by atoms with E-state index in [0.29, 0.717) is 5.69 Å². The summed E-state index contributed by atoms with van der Waals surface area (Å²) in [5, 5.41) is 2.34. The first-order chi connectivity index (χ1) is 7.37. The average Bonchev–Trinajstić information content (AvgIpc) is 2.18. The monoisotopic (exact) mass is 265 g/mol. The van der Waals surface area contributed by atoms with Gasteiger partial charge in [-0.3, -0.25) is 9.35 Å². The fourth-order valence-corrected chi connectivity index (χ4v) is 1.95. The molecule has 5 nitrogen and oxygen atoms in total. The van der Waals surface area contributed by atoms with Crippen LogP contribution < -0.4 is 5.32 Å². The highest BCUT2D eigenvalue weighted by molar-refractivity contribution is 8.70. The molecule has 1 rings (SSSR count). The smallest absolute Gasteiger partial charge is 0.320 e. The molecule has 1 amide bonds. The lowest BCUT2D eigenvalue weighted by molar-refractivity contribution is -0.113. The predicted molar refractivity (Wildman–Crippen MR) is 59.0 cm³/mol. The third-order valence-corrected chi connectivity index (χ3v) is 3.39. The van der Waals surface area contributed by atoms with E-state index >= 15 is 0 Å². The van der Waals surface area contributed by atoms with Crippen molar-refractivity contribution in [1.29, 1.82) is 0 Å². The molecule has 0 bridgehead atoms. The van der Waals surface area contributed by atoms with Gasteiger partial charge in [0, 0.05) is 16.5 Å². The molecule has 8 heteroatoms. The van der Waals surface area contributed by atoms with Gasteiger partial charge < -0.3 is 5.32 Å². The Labute approximate surface area is 95.2 Å². The number of carbonyl (C=O) groups is 1. The Kier molecular flexibility index (Phi) is 4.27. The second kappa shape index (κ2) is 5.28. The van der Waals surface area contributed by atoms with Crippen LogP contribution in [0, 0.1) is 5.82 Å². The number of hydrogen-bond donors (Lipinski definition) is 2. The molecule has 0 aliphatic carbocycles. The Morgan fingerprint density at radius 1 is 1.38 bits per heavy atom. The van der Waals surface area contributed by atoms with Crippen LogP contribution in [0.4, 0.5) is 10.1 Å². The molecular weight excluding hydrogens is 257 g/mol. The predicted octanol–water partition coefficient (Wildman–Crippen LogP) is 1.30. The van der Waals surface area contributed by atoms with E-state index in [9.17, 15) is 17.6 Å². The molecule has 88 valence electrons. The summed E-state index contributed by atoms with van der Waals surface area (Å²) in [7, 11) is -4.12. The standard InChI is InChI=1S/C8H8FNO4S2/c9-6-1-3-7(4-2-6)10-8(11)5-15-16(12,13)14/h1-4H,5H2,(H,10,11)(H,12,13,14). The normalized spacial score (nSPS) is 11.1. The van der Waals surface area contributed by atoms with Crippen LogP contribution in [0.15, 0.2) is 24.3 Å². The highest BCUT2D eigenvalue weighted by Crippen LogP contribution is 2.12. The number of nitrogens with one attached hydrogen (secondary N) is 1. The van der Waals surface area contributed by atoms with Gasteiger partial charge in [-0.2, -0.15) is 8.42 Å². The maximum atomic E-state index is 12.5. The van der Waals surface area contributed by atoms with E-state index in [2.05, 4.69) is 5.32 Å². The number of rotatable bonds is 4. The molecule has 1 aromatic rings. The van der Waals surface area contributed by atoms with E-state index in [4.69, 9.17) is 4.55 Å². The van der Waals surface area contributed by atoms with Crippen LogP contribution in [-0.4, -0.2) is 24.6 Å². The van der Waals surface area contributed by atoms with Crippen molar-refractivity contribution in [3.63, 3.8) is 0 Å². The molecular formula is C8H8FNO4S2. The average molecular weight is 265 g/mol. The summed E-state index contributed by atoms with van der Waals surface area (Å²) in [6.45, 7) is 0. The van der Waals surface area contributed by atoms with Crippen molar-refractivity contribution >= 4 is 31.5 Å². The van der Waals surface area contributed by atoms with E-state index in [1.54, 1.807) is 0 Å². The van der Waals surface area contributed by atoms with Crippen molar-refractivity contribution in [2.75, 3.05) is 11.1 Å². The number of carbonyl (C=O) groups excluding carboxylic acids is 1. The lowest BCUT2D eigenvalue weighted by Crippen LogP contribution is -2.15. The van der Waals surface area contributed by atoms with Crippen molar-refractivity contribution in [1.82, 2.24) is 0 Å². The topological polar surface area (TPSA) is 83.5 Å². The van der Waals surface area contributed by atoms with Crippen LogP contribution in [0.1, 0.15) is 0 Å². The minimum atomic E-state index is -4.22. The van der Waals surface area contributed by atoms with Crippen LogP contribution in [0.2, 0.25) is 0 Å². The fourth-order valence-electron chi connectivity index (χ4n) is 0.858. The zero-order chi connectivity index (χ0) is 12.2. The van der Waals surface area contributed by atoms with E-state index in [-0.39, 0.29) is 10.8 Å². The number of hydrogen-bond acceptors (Lipinski definition) is 4. The van der Waals surface area contributed by atoms with Gasteiger partial charge in [0.05, 0.1) is 5.75 Å². The SMILES string of the molecule is O=C(CSS(=O)(=O)O)Nc1ccc(F)cc1. The Morgan fingerprint density at radius 2 is 1.94 bits per heavy atom. The van der Waals surface area contributed by atoms with Crippen molar-refractivity contribution in [2.45, 2.75) is 0 Å². The molecule has 0 unspecified atom stereocenters. The zero-order valence-electron chi connectivity index (χ0n) is 7.88. The number of amides is 1. The highest BCUT2D eigenvalue weighted by atomic mass is 33.1. The zero-order valence-corrected chi connectivity index (χ0v) is 9.52. The molecule has 0 aromatic heterocycles. The summed E-state index contributed by atoms with van der Waals surface area (Å²) < 4.78 is 41.5. The van der Waals surface area contributed by atoms with Gasteiger partial charge in [0.1, 0.15) is 5.82 Å². The molecule has 1 aromatic carbocycles. The quantitative estimate of drug-likeness (QED) is 0.633. The van der Waals surface area contributed by atoms with Crippen LogP contribution in [0.3, 0.4) is 0 Å². The van der Waals surface area contributed by atoms with Gasteiger partial charge in [0.2, 0.25) is 5.91 Å². The summed E-state index contributed by atoms with van der Waals surface area (Å²) in [6, 6.07) is 4.99. The van der Waals surface area contributed by atoms with Crippen molar-refractivity contribution in [3.05, 3.63) is 30.1 Å². The van der Waals surface area contributed by atoms with Gasteiger partial charge in [-0.15, -0.1) is 0 Å². The Morgan fingerprint density at radius 3 is 2.44 bits per heavy atom. The molecule has 0 aliphatic heterocycles. The summed E-state index contributed by atoms with van der Waals surface area (Å²) in [5.41, 5.74) is 0.349. The van der Waals surface area contributed by atoms with Gasteiger partial charge in [0.25, 0.3) is 0 Å². The minimum Gasteiger partial charge on any atom is -0.325 e. The molecule has 0 saturated heterocycles. The molecule has 2 N–H and O–H groups in total. The molecule has 0 heterocycles. The van der Waals surface area contributed by atoms with Gasteiger partial charge in [-0.1, -0.05) is 0 Å². The maximum absolute atomic E-state index is 12.5. The second-order valence-electron chi connectivity index (χ2n) is 2.74. The molecule has 0 spiro atoms. The van der Waals surface area contributed by atoms with Gasteiger partial charge in [-0.05, 0) is 24.3 Å². The Bertz CT molecular complexity index is 471. The van der Waals surface area contributed by atoms with Gasteiger partial charge >= 0.3 is 9.15 Å². The van der Waals surface area contributed by atoms with Crippen molar-refractivity contribution < 1.29 is 22.2 Å². The largest absolute Gasteiger partial charge is 0.325 e. The second-order valence-corrected chi connectivity index (χ2v) is 6.10. The van der Waals surface area contributed by atoms with Crippen LogP contribution in [0.5, 0.6) is 0 Å². The summed E-state index contributed by atoms with van der Waals surface area (Å²) in [4.78, 5) is 11.1. The third kappa shape index (κ3) is 5.10. The Balaban J connectivity index is 2.49. The molecule has 0 aliphatic rings. The lowest BCUT2D eigenvalue weighted by Gasteiger charge is -2.03. The van der Waals surface area contributed by atoms with Crippen LogP contribution in [-0.2, 0) is 13.9 Å². The minimum absolute atomic E-state index is 0.106. The van der Waals surface area contributed by atoms with Gasteiger partial charge in [0.15, 0.2) is 0 Å². The maximum Gasteiger partial charge on any atom is 0.320 e. The summed E-state index contributed by atoms with van der Waals surface area (Å²) in [6.07, 6.45) is 0. The molecule has 0 saturated carbocycles. The first-order valence-corrected chi connectivity index (χ1v) is 6.98. The number of benzene rings is 1. The fraction of sp³-hybridized carbons (Fsp3) is 0.125. The van der Waals surface area contributed by atoms with Crippen LogP contribution >= 0.6 is 10.8 Å². The van der Waals surface area contributed by atoms with E-state index < -0.39 is 26.6 Å². The first-order valence-electron chi connectivity index (χ1n) is 4.04. The molecule has 0 atom stereocenters.